The molecule has 0 fully saturated rings. The molecule has 66 valence electrons. The van der Waals surface area contributed by atoms with Gasteiger partial charge in [-0.2, -0.15) is 0 Å². The quantitative estimate of drug-likeness (QED) is 0.641. The fraction of sp³-hybridized carbons (Fsp3) is 0.455. The first-order valence-electron chi connectivity index (χ1n) is 4.53. The van der Waals surface area contributed by atoms with E-state index in [-0.39, 0.29) is 5.82 Å². The van der Waals surface area contributed by atoms with Gasteiger partial charge in [-0.3, -0.25) is 0 Å². The van der Waals surface area contributed by atoms with Crippen LogP contribution in [-0.2, 0) is 0 Å². The summed E-state index contributed by atoms with van der Waals surface area (Å²) in [5.41, 5.74) is 1.13. The third-order valence-corrected chi connectivity index (χ3v) is 2.31. The number of hydrogen-bond donors (Lipinski definition) is 0. The van der Waals surface area contributed by atoms with Crippen LogP contribution in [0.5, 0.6) is 0 Å². The summed E-state index contributed by atoms with van der Waals surface area (Å²) < 4.78 is 12.8. The Kier molecular flexibility index (Phi) is 3.27. The molecule has 0 radical (unpaired) electrons. The van der Waals surface area contributed by atoms with Gasteiger partial charge in [0.2, 0.25) is 0 Å². The predicted octanol–water partition coefficient (Wildman–Crippen LogP) is 3.73. The lowest BCUT2D eigenvalue weighted by Gasteiger charge is -2.11. The number of benzene rings is 1. The smallest absolute Gasteiger partial charge is 0.123 e. The predicted molar refractivity (Wildman–Crippen MR) is 49.7 cm³/mol. The highest BCUT2D eigenvalue weighted by atomic mass is 19.1. The van der Waals surface area contributed by atoms with Gasteiger partial charge < -0.3 is 0 Å². The molecule has 0 saturated carbocycles. The van der Waals surface area contributed by atoms with Crippen molar-refractivity contribution in [3.8, 4) is 0 Å². The number of halogens is 1. The molecule has 1 rings (SSSR count). The molecule has 0 aliphatic carbocycles. The summed E-state index contributed by atoms with van der Waals surface area (Å²) in [5.74, 6) is 0.389. The Hall–Kier alpha value is -0.850. The molecule has 0 unspecified atom stereocenters. The molecule has 12 heavy (non-hydrogen) atoms. The summed E-state index contributed by atoms with van der Waals surface area (Å²) in [5, 5.41) is 0. The summed E-state index contributed by atoms with van der Waals surface area (Å²) in [6.07, 6.45) is 2.17. The van der Waals surface area contributed by atoms with Crippen LogP contribution in [-0.4, -0.2) is 0 Å². The number of rotatable bonds is 3. The Balaban J connectivity index is 2.85. The minimum absolute atomic E-state index is 0.126. The molecule has 0 bridgehead atoms. The zero-order valence-electron chi connectivity index (χ0n) is 7.68. The molecule has 0 N–H and O–H groups in total. The molecular formula is C11H15F. The Morgan fingerprint density at radius 3 is 2.42 bits per heavy atom. The molecule has 0 aliphatic heterocycles. The average Bonchev–Trinajstić information content (AvgIpc) is 2.07. The van der Waals surface area contributed by atoms with Crippen LogP contribution in [0.3, 0.4) is 0 Å². The van der Waals surface area contributed by atoms with Gasteiger partial charge >= 0.3 is 0 Å². The van der Waals surface area contributed by atoms with Gasteiger partial charge in [-0.25, -0.2) is 4.39 Å². The van der Waals surface area contributed by atoms with Gasteiger partial charge in [0.25, 0.3) is 0 Å². The Morgan fingerprint density at radius 1 is 1.25 bits per heavy atom. The summed E-state index contributed by atoms with van der Waals surface area (Å²) in [6.45, 7) is 4.28. The van der Waals surface area contributed by atoms with Crippen molar-refractivity contribution < 1.29 is 4.39 Å². The highest BCUT2D eigenvalue weighted by Crippen LogP contribution is 2.22. The van der Waals surface area contributed by atoms with E-state index in [1.807, 2.05) is 6.07 Å². The van der Waals surface area contributed by atoms with E-state index in [9.17, 15) is 4.39 Å². The second-order valence-corrected chi connectivity index (χ2v) is 3.07. The topological polar surface area (TPSA) is 0 Å². The van der Waals surface area contributed by atoms with Crippen LogP contribution in [0.15, 0.2) is 24.3 Å². The maximum Gasteiger partial charge on any atom is 0.123 e. The van der Waals surface area contributed by atoms with E-state index in [2.05, 4.69) is 13.8 Å². The van der Waals surface area contributed by atoms with E-state index in [1.165, 1.54) is 6.07 Å². The number of hydrogen-bond acceptors (Lipinski definition) is 0. The van der Waals surface area contributed by atoms with Gasteiger partial charge in [0.1, 0.15) is 5.82 Å². The molecule has 0 heterocycles. The van der Waals surface area contributed by atoms with Crippen molar-refractivity contribution in [2.24, 2.45) is 0 Å². The fourth-order valence-corrected chi connectivity index (χ4v) is 1.52. The minimum Gasteiger partial charge on any atom is -0.207 e. The van der Waals surface area contributed by atoms with Crippen LogP contribution in [0.1, 0.15) is 38.2 Å². The Labute approximate surface area is 73.4 Å². The van der Waals surface area contributed by atoms with Crippen LogP contribution in [0.25, 0.3) is 0 Å². The van der Waals surface area contributed by atoms with Crippen molar-refractivity contribution in [3.05, 3.63) is 35.6 Å². The molecule has 1 aromatic rings. The van der Waals surface area contributed by atoms with E-state index >= 15 is 0 Å². The lowest BCUT2D eigenvalue weighted by molar-refractivity contribution is 0.605. The third kappa shape index (κ3) is 2.07. The van der Waals surface area contributed by atoms with E-state index < -0.39 is 0 Å². The van der Waals surface area contributed by atoms with Gasteiger partial charge in [0, 0.05) is 0 Å². The summed E-state index contributed by atoms with van der Waals surface area (Å²) in [4.78, 5) is 0. The van der Waals surface area contributed by atoms with E-state index in [0.717, 1.165) is 18.4 Å². The molecule has 0 aliphatic rings. The van der Waals surface area contributed by atoms with Crippen molar-refractivity contribution in [1.29, 1.82) is 0 Å². The molecular weight excluding hydrogens is 151 g/mol. The first-order chi connectivity index (χ1) is 5.77. The normalized spacial score (nSPS) is 10.7. The molecule has 0 saturated heterocycles. The SMILES string of the molecule is CCC(CC)c1cccc(F)c1. The second-order valence-electron chi connectivity index (χ2n) is 3.07. The van der Waals surface area contributed by atoms with Gasteiger partial charge in [-0.05, 0) is 36.5 Å². The lowest BCUT2D eigenvalue weighted by atomic mass is 9.94. The van der Waals surface area contributed by atoms with Crippen molar-refractivity contribution in [2.75, 3.05) is 0 Å². The maximum atomic E-state index is 12.8. The summed E-state index contributed by atoms with van der Waals surface area (Å²) in [7, 11) is 0. The van der Waals surface area contributed by atoms with Gasteiger partial charge in [-0.1, -0.05) is 26.0 Å². The fourth-order valence-electron chi connectivity index (χ4n) is 1.52. The lowest BCUT2D eigenvalue weighted by Crippen LogP contribution is -1.95. The zero-order chi connectivity index (χ0) is 8.97. The summed E-state index contributed by atoms with van der Waals surface area (Å²) in [6, 6.07) is 6.91. The molecule has 1 aromatic carbocycles. The van der Waals surface area contributed by atoms with Gasteiger partial charge in [-0.15, -0.1) is 0 Å². The Morgan fingerprint density at radius 2 is 1.92 bits per heavy atom. The minimum atomic E-state index is -0.126. The summed E-state index contributed by atoms with van der Waals surface area (Å²) >= 11 is 0. The van der Waals surface area contributed by atoms with E-state index in [1.54, 1.807) is 12.1 Å². The van der Waals surface area contributed by atoms with Crippen LogP contribution in [0.4, 0.5) is 4.39 Å². The third-order valence-electron chi connectivity index (χ3n) is 2.31. The average molecular weight is 166 g/mol. The zero-order valence-corrected chi connectivity index (χ0v) is 7.68. The standard InChI is InChI=1S/C11H15F/c1-3-9(4-2)10-6-5-7-11(12)8-10/h5-9H,3-4H2,1-2H3. The second kappa shape index (κ2) is 4.24. The van der Waals surface area contributed by atoms with E-state index in [0.29, 0.717) is 5.92 Å². The monoisotopic (exact) mass is 166 g/mol. The van der Waals surface area contributed by atoms with Crippen LogP contribution in [0, 0.1) is 5.82 Å². The highest BCUT2D eigenvalue weighted by molar-refractivity contribution is 5.20. The molecule has 0 aromatic heterocycles. The van der Waals surface area contributed by atoms with E-state index in [4.69, 9.17) is 0 Å². The van der Waals surface area contributed by atoms with Crippen LogP contribution in [0.2, 0.25) is 0 Å². The maximum absolute atomic E-state index is 12.8. The first-order valence-corrected chi connectivity index (χ1v) is 4.53. The largest absolute Gasteiger partial charge is 0.207 e. The van der Waals surface area contributed by atoms with Crippen molar-refractivity contribution in [1.82, 2.24) is 0 Å². The van der Waals surface area contributed by atoms with Gasteiger partial charge in [0.15, 0.2) is 0 Å². The molecule has 0 atom stereocenters. The molecule has 1 heteroatoms. The molecule has 0 amide bonds. The first kappa shape index (κ1) is 9.24. The molecule has 0 spiro atoms. The van der Waals surface area contributed by atoms with Crippen LogP contribution >= 0.6 is 0 Å². The van der Waals surface area contributed by atoms with Gasteiger partial charge in [0.05, 0.1) is 0 Å². The van der Waals surface area contributed by atoms with Crippen molar-refractivity contribution in [2.45, 2.75) is 32.6 Å². The van der Waals surface area contributed by atoms with Crippen molar-refractivity contribution >= 4 is 0 Å². The molecule has 0 nitrogen and oxygen atoms in total. The Bertz CT molecular complexity index is 239. The van der Waals surface area contributed by atoms with Crippen molar-refractivity contribution in [3.63, 3.8) is 0 Å². The highest BCUT2D eigenvalue weighted by Gasteiger charge is 2.06. The van der Waals surface area contributed by atoms with Crippen LogP contribution < -0.4 is 0 Å².